The van der Waals surface area contributed by atoms with Crippen LogP contribution in [0.3, 0.4) is 0 Å². The van der Waals surface area contributed by atoms with Gasteiger partial charge in [0.05, 0.1) is 6.54 Å². The van der Waals surface area contributed by atoms with Gasteiger partial charge in [0.2, 0.25) is 5.91 Å². The van der Waals surface area contributed by atoms with Crippen LogP contribution in [-0.2, 0) is 11.3 Å². The Bertz CT molecular complexity index is 910. The second-order valence-corrected chi connectivity index (χ2v) is 6.41. The lowest BCUT2D eigenvalue weighted by molar-refractivity contribution is -0.115. The molecule has 2 N–H and O–H groups in total. The number of nitrogens with zero attached hydrogens (tertiary/aromatic N) is 1. The van der Waals surface area contributed by atoms with Crippen molar-refractivity contribution in [3.05, 3.63) is 96.1 Å². The van der Waals surface area contributed by atoms with E-state index in [1.807, 2.05) is 60.7 Å². The summed E-state index contributed by atoms with van der Waals surface area (Å²) in [5, 5.41) is 5.94. The van der Waals surface area contributed by atoms with Crippen molar-refractivity contribution in [2.45, 2.75) is 6.54 Å². The third-order valence-corrected chi connectivity index (χ3v) is 4.32. The summed E-state index contributed by atoms with van der Waals surface area (Å²) in [6, 6.07) is 26.3. The highest BCUT2D eigenvalue weighted by Gasteiger charge is 2.13. The molecule has 5 heteroatoms. The molecular weight excluding hydrogens is 350 g/mol. The zero-order valence-corrected chi connectivity index (χ0v) is 15.8. The largest absolute Gasteiger partial charge is 0.325 e. The highest BCUT2D eigenvalue weighted by Crippen LogP contribution is 2.16. The minimum absolute atomic E-state index is 0.103. The number of nitrogens with one attached hydrogen (secondary N) is 2. The maximum atomic E-state index is 12.6. The third kappa shape index (κ3) is 5.28. The molecule has 0 unspecified atom stereocenters. The highest BCUT2D eigenvalue weighted by atomic mass is 16.2. The molecule has 0 bridgehead atoms. The van der Waals surface area contributed by atoms with Gasteiger partial charge in [-0.25, -0.2) is 0 Å². The van der Waals surface area contributed by atoms with Crippen molar-refractivity contribution in [1.82, 2.24) is 5.32 Å². The van der Waals surface area contributed by atoms with Crippen LogP contribution in [0.1, 0.15) is 15.9 Å². The van der Waals surface area contributed by atoms with Crippen molar-refractivity contribution in [1.29, 1.82) is 0 Å². The normalized spacial score (nSPS) is 10.3. The Kier molecular flexibility index (Phi) is 6.54. The molecule has 2 amide bonds. The molecule has 3 aromatic carbocycles. The minimum atomic E-state index is -0.128. The summed E-state index contributed by atoms with van der Waals surface area (Å²) in [6.07, 6.45) is 0. The van der Waals surface area contributed by atoms with E-state index in [9.17, 15) is 9.59 Å². The van der Waals surface area contributed by atoms with E-state index in [4.69, 9.17) is 0 Å². The zero-order valence-electron chi connectivity index (χ0n) is 15.8. The van der Waals surface area contributed by atoms with Gasteiger partial charge in [-0.3, -0.25) is 9.59 Å². The molecule has 0 heterocycles. The van der Waals surface area contributed by atoms with Crippen LogP contribution in [0, 0.1) is 0 Å². The Balaban J connectivity index is 1.51. The lowest BCUT2D eigenvalue weighted by Gasteiger charge is -2.17. The smallest absolute Gasteiger partial charge is 0.258 e. The van der Waals surface area contributed by atoms with Crippen LogP contribution >= 0.6 is 0 Å². The quantitative estimate of drug-likeness (QED) is 0.664. The highest BCUT2D eigenvalue weighted by molar-refractivity contribution is 6.06. The van der Waals surface area contributed by atoms with Gasteiger partial charge in [-0.05, 0) is 42.0 Å². The number of amides is 2. The number of hydrogen-bond acceptors (Lipinski definition) is 3. The second kappa shape index (κ2) is 9.48. The van der Waals surface area contributed by atoms with E-state index in [2.05, 4.69) is 10.6 Å². The number of rotatable bonds is 7. The monoisotopic (exact) mass is 373 g/mol. The predicted molar refractivity (Wildman–Crippen MR) is 112 cm³/mol. The van der Waals surface area contributed by atoms with E-state index in [1.165, 1.54) is 0 Å². The maximum Gasteiger partial charge on any atom is 0.258 e. The standard InChI is InChI=1S/C23H23N3O2/c1-26(21-10-6-3-7-11-21)23(28)19-12-14-20(15-13-19)25-22(27)17-24-16-18-8-4-2-5-9-18/h2-15,24H,16-17H2,1H3,(H,25,27). The van der Waals surface area contributed by atoms with Crippen LogP contribution in [0.4, 0.5) is 11.4 Å². The van der Waals surface area contributed by atoms with Gasteiger partial charge in [0.25, 0.3) is 5.91 Å². The molecule has 0 saturated heterocycles. The van der Waals surface area contributed by atoms with Crippen LogP contribution in [0.25, 0.3) is 0 Å². The fraction of sp³-hybridized carbons (Fsp3) is 0.130. The maximum absolute atomic E-state index is 12.6. The number of para-hydroxylation sites is 1. The average molecular weight is 373 g/mol. The van der Waals surface area contributed by atoms with Crippen LogP contribution in [0.5, 0.6) is 0 Å². The lowest BCUT2D eigenvalue weighted by atomic mass is 10.1. The van der Waals surface area contributed by atoms with Crippen molar-refractivity contribution in [3.8, 4) is 0 Å². The SMILES string of the molecule is CN(C(=O)c1ccc(NC(=O)CNCc2ccccc2)cc1)c1ccccc1. The summed E-state index contributed by atoms with van der Waals surface area (Å²) in [6.45, 7) is 0.847. The van der Waals surface area contributed by atoms with Gasteiger partial charge in [-0.15, -0.1) is 0 Å². The van der Waals surface area contributed by atoms with Crippen LogP contribution in [0.2, 0.25) is 0 Å². The number of anilines is 2. The molecular formula is C23H23N3O2. The molecule has 0 aliphatic carbocycles. The van der Waals surface area contributed by atoms with Gasteiger partial charge < -0.3 is 15.5 Å². The Morgan fingerprint density at radius 3 is 2.07 bits per heavy atom. The number of carbonyl (C=O) groups is 2. The summed E-state index contributed by atoms with van der Waals surface area (Å²) in [4.78, 5) is 26.2. The Labute approximate surface area is 165 Å². The molecule has 0 aromatic heterocycles. The van der Waals surface area contributed by atoms with Crippen molar-refractivity contribution < 1.29 is 9.59 Å². The first-order valence-corrected chi connectivity index (χ1v) is 9.11. The molecule has 0 radical (unpaired) electrons. The average Bonchev–Trinajstić information content (AvgIpc) is 2.74. The first kappa shape index (κ1) is 19.3. The van der Waals surface area contributed by atoms with Crippen LogP contribution in [-0.4, -0.2) is 25.4 Å². The number of hydrogen-bond donors (Lipinski definition) is 2. The summed E-state index contributed by atoms with van der Waals surface area (Å²) in [5.41, 5.74) is 3.17. The molecule has 0 fully saturated rings. The summed E-state index contributed by atoms with van der Waals surface area (Å²) in [5.74, 6) is -0.231. The van der Waals surface area contributed by atoms with Gasteiger partial charge in [0.15, 0.2) is 0 Å². The molecule has 142 valence electrons. The molecule has 0 saturated carbocycles. The lowest BCUT2D eigenvalue weighted by Crippen LogP contribution is -2.28. The van der Waals surface area contributed by atoms with E-state index >= 15 is 0 Å². The van der Waals surface area contributed by atoms with Crippen molar-refractivity contribution >= 4 is 23.2 Å². The Morgan fingerprint density at radius 2 is 1.43 bits per heavy atom. The topological polar surface area (TPSA) is 61.4 Å². The fourth-order valence-corrected chi connectivity index (χ4v) is 2.78. The molecule has 28 heavy (non-hydrogen) atoms. The van der Waals surface area contributed by atoms with Gasteiger partial charge >= 0.3 is 0 Å². The summed E-state index contributed by atoms with van der Waals surface area (Å²) >= 11 is 0. The zero-order chi connectivity index (χ0) is 19.8. The first-order chi connectivity index (χ1) is 13.6. The molecule has 3 aromatic rings. The number of carbonyl (C=O) groups excluding carboxylic acids is 2. The van der Waals surface area contributed by atoms with Crippen molar-refractivity contribution in [2.24, 2.45) is 0 Å². The van der Waals surface area contributed by atoms with Gasteiger partial charge in [0, 0.05) is 30.5 Å². The molecule has 0 spiro atoms. The van der Waals surface area contributed by atoms with Crippen LogP contribution < -0.4 is 15.5 Å². The van der Waals surface area contributed by atoms with Gasteiger partial charge in [0.1, 0.15) is 0 Å². The summed E-state index contributed by atoms with van der Waals surface area (Å²) < 4.78 is 0. The Hall–Kier alpha value is -3.44. The summed E-state index contributed by atoms with van der Waals surface area (Å²) in [7, 11) is 1.74. The molecule has 0 atom stereocenters. The van der Waals surface area contributed by atoms with Crippen LogP contribution in [0.15, 0.2) is 84.9 Å². The van der Waals surface area contributed by atoms with Crippen molar-refractivity contribution in [2.75, 3.05) is 23.8 Å². The number of benzene rings is 3. The third-order valence-electron chi connectivity index (χ3n) is 4.32. The van der Waals surface area contributed by atoms with E-state index in [0.717, 1.165) is 11.3 Å². The van der Waals surface area contributed by atoms with E-state index in [0.29, 0.717) is 17.8 Å². The van der Waals surface area contributed by atoms with Crippen molar-refractivity contribution in [3.63, 3.8) is 0 Å². The molecule has 3 rings (SSSR count). The van der Waals surface area contributed by atoms with Gasteiger partial charge in [-0.1, -0.05) is 48.5 Å². The first-order valence-electron chi connectivity index (χ1n) is 9.11. The fourth-order valence-electron chi connectivity index (χ4n) is 2.78. The minimum Gasteiger partial charge on any atom is -0.325 e. The molecule has 0 aliphatic rings. The second-order valence-electron chi connectivity index (χ2n) is 6.41. The van der Waals surface area contributed by atoms with E-state index < -0.39 is 0 Å². The predicted octanol–water partition coefficient (Wildman–Crippen LogP) is 3.69. The van der Waals surface area contributed by atoms with E-state index in [-0.39, 0.29) is 18.4 Å². The van der Waals surface area contributed by atoms with Gasteiger partial charge in [-0.2, -0.15) is 0 Å². The van der Waals surface area contributed by atoms with E-state index in [1.54, 1.807) is 36.2 Å². The Morgan fingerprint density at radius 1 is 0.821 bits per heavy atom. The molecule has 0 aliphatic heterocycles. The molecule has 5 nitrogen and oxygen atoms in total.